The van der Waals surface area contributed by atoms with Crippen molar-refractivity contribution in [2.75, 3.05) is 13.2 Å². The second-order valence-corrected chi connectivity index (χ2v) is 2.46. The van der Waals surface area contributed by atoms with Crippen LogP contribution in [0, 0.1) is 0 Å². The van der Waals surface area contributed by atoms with E-state index in [0.717, 1.165) is 0 Å². The van der Waals surface area contributed by atoms with Gasteiger partial charge in [0.1, 0.15) is 0 Å². The Morgan fingerprint density at radius 2 is 2.08 bits per heavy atom. The number of carbonyl (C=O) groups excluding carboxylic acids is 1. The Balaban J connectivity index is 3.40. The van der Waals surface area contributed by atoms with E-state index in [2.05, 4.69) is 5.48 Å². The Bertz CT molecular complexity index is 127. The third-order valence-electron chi connectivity index (χ3n) is 1.21. The highest BCUT2D eigenvalue weighted by atomic mass is 16.6. The molecular weight excluding hydrogens is 158 g/mol. The lowest BCUT2D eigenvalue weighted by Gasteiger charge is -2.11. The number of carbonyl (C=O) groups is 1. The van der Waals surface area contributed by atoms with Crippen LogP contribution < -0.4 is 5.48 Å². The molecule has 0 aliphatic carbocycles. The number of nitrogens with one attached hydrogen (secondary N) is 1. The largest absolute Gasteiger partial charge is 0.466 e. The maximum atomic E-state index is 10.9. The molecule has 0 heterocycles. The van der Waals surface area contributed by atoms with Crippen LogP contribution in [0.4, 0.5) is 0 Å². The number of rotatable bonds is 6. The summed E-state index contributed by atoms with van der Waals surface area (Å²) in [4.78, 5) is 15.8. The van der Waals surface area contributed by atoms with Gasteiger partial charge in [0.05, 0.1) is 19.6 Å². The predicted octanol–water partition coefficient (Wildman–Crippen LogP) is 0.869. The summed E-state index contributed by atoms with van der Waals surface area (Å²) in [7, 11) is 0. The first-order chi connectivity index (χ1) is 5.70. The summed E-state index contributed by atoms with van der Waals surface area (Å²) in [5, 5.41) is 0. The monoisotopic (exact) mass is 175 g/mol. The van der Waals surface area contributed by atoms with Crippen molar-refractivity contribution in [3.05, 3.63) is 0 Å². The fraction of sp³-hybridized carbons (Fsp3) is 0.875. The zero-order valence-electron chi connectivity index (χ0n) is 7.92. The standard InChI is InChI=1S/C8H17NO3/c1-4-11-8(10)6-7(3)9-12-5-2/h7,9H,4-6H2,1-3H3. The lowest BCUT2D eigenvalue weighted by molar-refractivity contribution is -0.144. The molecule has 0 fully saturated rings. The zero-order chi connectivity index (χ0) is 9.40. The second-order valence-electron chi connectivity index (χ2n) is 2.46. The summed E-state index contributed by atoms with van der Waals surface area (Å²) >= 11 is 0. The molecule has 12 heavy (non-hydrogen) atoms. The van der Waals surface area contributed by atoms with Crippen LogP contribution in [0.3, 0.4) is 0 Å². The fourth-order valence-corrected chi connectivity index (χ4v) is 0.737. The summed E-state index contributed by atoms with van der Waals surface area (Å²) in [6.45, 7) is 6.56. The minimum Gasteiger partial charge on any atom is -0.466 e. The smallest absolute Gasteiger partial charge is 0.307 e. The zero-order valence-corrected chi connectivity index (χ0v) is 7.92. The normalized spacial score (nSPS) is 12.6. The van der Waals surface area contributed by atoms with Gasteiger partial charge < -0.3 is 9.57 Å². The van der Waals surface area contributed by atoms with Crippen molar-refractivity contribution in [2.24, 2.45) is 0 Å². The van der Waals surface area contributed by atoms with E-state index in [1.165, 1.54) is 0 Å². The van der Waals surface area contributed by atoms with Crippen molar-refractivity contribution in [1.29, 1.82) is 0 Å². The van der Waals surface area contributed by atoms with Crippen LogP contribution in [-0.2, 0) is 14.4 Å². The maximum Gasteiger partial charge on any atom is 0.307 e. The van der Waals surface area contributed by atoms with Gasteiger partial charge in [0.2, 0.25) is 0 Å². The SMILES string of the molecule is CCONC(C)CC(=O)OCC. The van der Waals surface area contributed by atoms with Crippen LogP contribution in [0.25, 0.3) is 0 Å². The Morgan fingerprint density at radius 3 is 2.58 bits per heavy atom. The Morgan fingerprint density at radius 1 is 1.42 bits per heavy atom. The van der Waals surface area contributed by atoms with Gasteiger partial charge in [-0.05, 0) is 20.8 Å². The third kappa shape index (κ3) is 6.12. The van der Waals surface area contributed by atoms with Crippen LogP contribution in [0.15, 0.2) is 0 Å². The number of esters is 1. The lowest BCUT2D eigenvalue weighted by atomic mass is 10.2. The molecule has 0 radical (unpaired) electrons. The molecule has 1 atom stereocenters. The average molecular weight is 175 g/mol. The van der Waals surface area contributed by atoms with Crippen LogP contribution in [0.2, 0.25) is 0 Å². The molecule has 1 unspecified atom stereocenters. The number of hydrogen-bond acceptors (Lipinski definition) is 4. The number of hydrogen-bond donors (Lipinski definition) is 1. The van der Waals surface area contributed by atoms with E-state index in [4.69, 9.17) is 9.57 Å². The minimum atomic E-state index is -0.197. The van der Waals surface area contributed by atoms with Gasteiger partial charge >= 0.3 is 5.97 Å². The van der Waals surface area contributed by atoms with Crippen molar-refractivity contribution in [2.45, 2.75) is 33.2 Å². The molecule has 0 aliphatic rings. The van der Waals surface area contributed by atoms with Crippen LogP contribution in [0.5, 0.6) is 0 Å². The Labute approximate surface area is 73.2 Å². The van der Waals surface area contributed by atoms with E-state index in [1.807, 2.05) is 13.8 Å². The van der Waals surface area contributed by atoms with Gasteiger partial charge in [-0.15, -0.1) is 0 Å². The van der Waals surface area contributed by atoms with Gasteiger partial charge in [-0.3, -0.25) is 4.79 Å². The van der Waals surface area contributed by atoms with Gasteiger partial charge in [0.15, 0.2) is 0 Å². The fourth-order valence-electron chi connectivity index (χ4n) is 0.737. The van der Waals surface area contributed by atoms with Crippen LogP contribution in [0.1, 0.15) is 27.2 Å². The minimum absolute atomic E-state index is 0.00370. The molecule has 0 amide bonds. The van der Waals surface area contributed by atoms with Crippen molar-refractivity contribution >= 4 is 5.97 Å². The molecule has 0 aliphatic heterocycles. The molecule has 4 heteroatoms. The van der Waals surface area contributed by atoms with Crippen molar-refractivity contribution in [3.63, 3.8) is 0 Å². The van der Waals surface area contributed by atoms with Crippen molar-refractivity contribution < 1.29 is 14.4 Å². The second kappa shape index (κ2) is 7.06. The highest BCUT2D eigenvalue weighted by molar-refractivity contribution is 5.69. The third-order valence-corrected chi connectivity index (χ3v) is 1.21. The van der Waals surface area contributed by atoms with Gasteiger partial charge in [0, 0.05) is 6.04 Å². The van der Waals surface area contributed by atoms with E-state index < -0.39 is 0 Å². The molecule has 0 spiro atoms. The molecule has 1 N–H and O–H groups in total. The molecule has 0 bridgehead atoms. The van der Waals surface area contributed by atoms with E-state index in [1.54, 1.807) is 6.92 Å². The van der Waals surface area contributed by atoms with Gasteiger partial charge in [-0.2, -0.15) is 5.48 Å². The molecule has 0 saturated heterocycles. The lowest BCUT2D eigenvalue weighted by Crippen LogP contribution is -2.29. The molecule has 0 aromatic carbocycles. The quantitative estimate of drug-likeness (QED) is 0.480. The summed E-state index contributed by atoms with van der Waals surface area (Å²) in [5.41, 5.74) is 2.72. The summed E-state index contributed by atoms with van der Waals surface area (Å²) in [6.07, 6.45) is 0.341. The molecule has 0 aromatic heterocycles. The van der Waals surface area contributed by atoms with Crippen LogP contribution in [-0.4, -0.2) is 25.2 Å². The average Bonchev–Trinajstić information content (AvgIpc) is 2.01. The molecule has 0 rings (SSSR count). The van der Waals surface area contributed by atoms with Gasteiger partial charge in [-0.1, -0.05) is 0 Å². The predicted molar refractivity (Wildman–Crippen MR) is 45.5 cm³/mol. The highest BCUT2D eigenvalue weighted by Crippen LogP contribution is 1.93. The van der Waals surface area contributed by atoms with Crippen LogP contribution >= 0.6 is 0 Å². The van der Waals surface area contributed by atoms with E-state index in [0.29, 0.717) is 19.6 Å². The topological polar surface area (TPSA) is 47.6 Å². The molecule has 0 aromatic rings. The van der Waals surface area contributed by atoms with Gasteiger partial charge in [0.25, 0.3) is 0 Å². The first-order valence-corrected chi connectivity index (χ1v) is 4.23. The van der Waals surface area contributed by atoms with Crippen molar-refractivity contribution in [1.82, 2.24) is 5.48 Å². The van der Waals surface area contributed by atoms with E-state index in [-0.39, 0.29) is 12.0 Å². The maximum absolute atomic E-state index is 10.9. The van der Waals surface area contributed by atoms with Gasteiger partial charge in [-0.25, -0.2) is 0 Å². The summed E-state index contributed by atoms with van der Waals surface area (Å²) < 4.78 is 4.76. The Kier molecular flexibility index (Phi) is 6.70. The van der Waals surface area contributed by atoms with Crippen molar-refractivity contribution in [3.8, 4) is 0 Å². The Hall–Kier alpha value is -0.610. The number of ether oxygens (including phenoxy) is 1. The molecule has 4 nitrogen and oxygen atoms in total. The molecular formula is C8H17NO3. The summed E-state index contributed by atoms with van der Waals surface area (Å²) in [5.74, 6) is -0.197. The molecule has 72 valence electrons. The number of hydroxylamine groups is 1. The first kappa shape index (κ1) is 11.4. The molecule has 0 saturated carbocycles. The van der Waals surface area contributed by atoms with E-state index in [9.17, 15) is 4.79 Å². The first-order valence-electron chi connectivity index (χ1n) is 4.23. The highest BCUT2D eigenvalue weighted by Gasteiger charge is 2.08. The summed E-state index contributed by atoms with van der Waals surface area (Å²) in [6, 6.07) is 0.00370. The van der Waals surface area contributed by atoms with E-state index >= 15 is 0 Å².